The number of aromatic nitrogens is 3. The summed E-state index contributed by atoms with van der Waals surface area (Å²) >= 11 is 0. The minimum Gasteiger partial charge on any atom is -0.366 e. The molecule has 6 nitrogen and oxygen atoms in total. The van der Waals surface area contributed by atoms with Crippen molar-refractivity contribution in [2.75, 3.05) is 12.3 Å². The van der Waals surface area contributed by atoms with E-state index in [-0.39, 0.29) is 17.7 Å². The summed E-state index contributed by atoms with van der Waals surface area (Å²) in [5, 5.41) is 8.81. The van der Waals surface area contributed by atoms with Gasteiger partial charge < -0.3 is 11.1 Å². The maximum atomic E-state index is 11.5. The number of H-pyrrole nitrogens is 1. The van der Waals surface area contributed by atoms with Crippen LogP contribution >= 0.6 is 0 Å². The van der Waals surface area contributed by atoms with Gasteiger partial charge in [-0.1, -0.05) is 26.7 Å². The van der Waals surface area contributed by atoms with Gasteiger partial charge in [-0.05, 0) is 12.3 Å². The van der Waals surface area contributed by atoms with Gasteiger partial charge in [0.1, 0.15) is 0 Å². The molecule has 0 unspecified atom stereocenters. The van der Waals surface area contributed by atoms with E-state index >= 15 is 0 Å². The maximum Gasteiger partial charge on any atom is 0.288 e. The Morgan fingerprint density at radius 3 is 2.81 bits per heavy atom. The minimum absolute atomic E-state index is 0.0879. The number of nitrogens with one attached hydrogen (secondary N) is 2. The van der Waals surface area contributed by atoms with Crippen molar-refractivity contribution in [3.8, 4) is 0 Å². The van der Waals surface area contributed by atoms with Crippen molar-refractivity contribution in [2.45, 2.75) is 33.1 Å². The molecule has 0 bridgehead atoms. The van der Waals surface area contributed by atoms with E-state index < -0.39 is 0 Å². The summed E-state index contributed by atoms with van der Waals surface area (Å²) in [5.41, 5.74) is 5.29. The SMILES string of the molecule is CC(C)CCCCNC(=O)c1nc(N)n[nH]1. The number of aromatic amines is 1. The summed E-state index contributed by atoms with van der Waals surface area (Å²) in [7, 11) is 0. The molecule has 0 saturated carbocycles. The fourth-order valence-electron chi connectivity index (χ4n) is 1.34. The molecule has 16 heavy (non-hydrogen) atoms. The van der Waals surface area contributed by atoms with Crippen LogP contribution in [0.4, 0.5) is 5.95 Å². The molecule has 0 aliphatic heterocycles. The van der Waals surface area contributed by atoms with E-state index in [0.29, 0.717) is 12.5 Å². The first-order valence-corrected chi connectivity index (χ1v) is 5.55. The number of rotatable bonds is 6. The van der Waals surface area contributed by atoms with Crippen LogP contribution in [-0.2, 0) is 0 Å². The largest absolute Gasteiger partial charge is 0.366 e. The highest BCUT2D eigenvalue weighted by Gasteiger charge is 2.09. The van der Waals surface area contributed by atoms with Crippen LogP contribution in [-0.4, -0.2) is 27.6 Å². The number of hydrogen-bond donors (Lipinski definition) is 3. The summed E-state index contributed by atoms with van der Waals surface area (Å²) in [5.74, 6) is 0.713. The Hall–Kier alpha value is -1.59. The van der Waals surface area contributed by atoms with Crippen molar-refractivity contribution in [3.63, 3.8) is 0 Å². The molecule has 0 atom stereocenters. The van der Waals surface area contributed by atoms with Crippen molar-refractivity contribution in [3.05, 3.63) is 5.82 Å². The summed E-state index contributed by atoms with van der Waals surface area (Å²) in [6.07, 6.45) is 3.29. The van der Waals surface area contributed by atoms with Gasteiger partial charge in [-0.25, -0.2) is 0 Å². The number of amides is 1. The molecule has 1 amide bonds. The van der Waals surface area contributed by atoms with Crippen LogP contribution in [0, 0.1) is 5.92 Å². The van der Waals surface area contributed by atoms with Gasteiger partial charge in [0.2, 0.25) is 11.8 Å². The normalized spacial score (nSPS) is 10.7. The van der Waals surface area contributed by atoms with Crippen LogP contribution in [0.25, 0.3) is 0 Å². The van der Waals surface area contributed by atoms with E-state index in [0.717, 1.165) is 12.8 Å². The highest BCUT2D eigenvalue weighted by atomic mass is 16.2. The number of carbonyl (C=O) groups excluding carboxylic acids is 1. The van der Waals surface area contributed by atoms with Crippen molar-refractivity contribution >= 4 is 11.9 Å². The molecule has 0 aromatic carbocycles. The fourth-order valence-corrected chi connectivity index (χ4v) is 1.34. The van der Waals surface area contributed by atoms with Crippen LogP contribution in [0.3, 0.4) is 0 Å². The predicted molar refractivity (Wildman–Crippen MR) is 61.8 cm³/mol. The van der Waals surface area contributed by atoms with Crippen LogP contribution in [0.15, 0.2) is 0 Å². The highest BCUT2D eigenvalue weighted by Crippen LogP contribution is 2.05. The maximum absolute atomic E-state index is 11.5. The number of unbranched alkanes of at least 4 members (excludes halogenated alkanes) is 1. The van der Waals surface area contributed by atoms with Crippen molar-refractivity contribution in [1.29, 1.82) is 0 Å². The first-order valence-electron chi connectivity index (χ1n) is 5.55. The molecule has 1 aromatic heterocycles. The predicted octanol–water partition coefficient (Wildman–Crippen LogP) is 0.943. The monoisotopic (exact) mass is 225 g/mol. The quantitative estimate of drug-likeness (QED) is 0.628. The molecular formula is C10H19N5O. The van der Waals surface area contributed by atoms with Crippen molar-refractivity contribution in [1.82, 2.24) is 20.5 Å². The Bertz CT molecular complexity index is 334. The second-order valence-corrected chi connectivity index (χ2v) is 4.19. The number of nitrogens with two attached hydrogens (primary N) is 1. The van der Waals surface area contributed by atoms with Crippen LogP contribution in [0.5, 0.6) is 0 Å². The minimum atomic E-state index is -0.256. The topological polar surface area (TPSA) is 96.7 Å². The van der Waals surface area contributed by atoms with Gasteiger partial charge in [0.05, 0.1) is 0 Å². The average molecular weight is 225 g/mol. The summed E-state index contributed by atoms with van der Waals surface area (Å²) in [6, 6.07) is 0. The third kappa shape index (κ3) is 4.29. The number of nitrogens with zero attached hydrogens (tertiary/aromatic N) is 2. The highest BCUT2D eigenvalue weighted by molar-refractivity contribution is 5.90. The lowest BCUT2D eigenvalue weighted by molar-refractivity contribution is 0.0943. The lowest BCUT2D eigenvalue weighted by atomic mass is 10.1. The molecule has 1 aromatic rings. The van der Waals surface area contributed by atoms with E-state index in [1.54, 1.807) is 0 Å². The Kier molecular flexibility index (Phi) is 4.75. The summed E-state index contributed by atoms with van der Waals surface area (Å²) in [6.45, 7) is 5.04. The van der Waals surface area contributed by atoms with Crippen molar-refractivity contribution < 1.29 is 4.79 Å². The Morgan fingerprint density at radius 1 is 1.50 bits per heavy atom. The smallest absolute Gasteiger partial charge is 0.288 e. The zero-order valence-electron chi connectivity index (χ0n) is 9.79. The standard InChI is InChI=1S/C10H19N5O/c1-7(2)5-3-4-6-12-9(16)8-13-10(11)15-14-8/h7H,3-6H2,1-2H3,(H,12,16)(H3,11,13,14,15). The van der Waals surface area contributed by atoms with E-state index in [1.165, 1.54) is 6.42 Å². The first kappa shape index (κ1) is 12.5. The number of hydrogen-bond acceptors (Lipinski definition) is 4. The van der Waals surface area contributed by atoms with Gasteiger partial charge in [0, 0.05) is 6.54 Å². The molecule has 1 rings (SSSR count). The molecular weight excluding hydrogens is 206 g/mol. The van der Waals surface area contributed by atoms with Crippen LogP contribution in [0.2, 0.25) is 0 Å². The van der Waals surface area contributed by atoms with Gasteiger partial charge >= 0.3 is 0 Å². The Balaban J connectivity index is 2.16. The number of anilines is 1. The van der Waals surface area contributed by atoms with Gasteiger partial charge in [-0.2, -0.15) is 4.98 Å². The van der Waals surface area contributed by atoms with E-state index in [1.807, 2.05) is 0 Å². The summed E-state index contributed by atoms with van der Waals surface area (Å²) in [4.78, 5) is 15.2. The lowest BCUT2D eigenvalue weighted by Gasteiger charge is -2.04. The first-order chi connectivity index (χ1) is 7.59. The Morgan fingerprint density at radius 2 is 2.25 bits per heavy atom. The molecule has 6 heteroatoms. The molecule has 0 aliphatic carbocycles. The third-order valence-electron chi connectivity index (χ3n) is 2.21. The van der Waals surface area contributed by atoms with Gasteiger partial charge in [-0.15, -0.1) is 5.10 Å². The fraction of sp³-hybridized carbons (Fsp3) is 0.700. The van der Waals surface area contributed by atoms with E-state index in [4.69, 9.17) is 5.73 Å². The molecule has 0 fully saturated rings. The molecule has 1 heterocycles. The molecule has 0 aliphatic rings. The number of nitrogen functional groups attached to an aromatic ring is 1. The van der Waals surface area contributed by atoms with Crippen LogP contribution in [0.1, 0.15) is 43.7 Å². The van der Waals surface area contributed by atoms with Gasteiger partial charge in [0.25, 0.3) is 5.91 Å². The third-order valence-corrected chi connectivity index (χ3v) is 2.21. The zero-order chi connectivity index (χ0) is 12.0. The Labute approximate surface area is 95.0 Å². The molecule has 0 radical (unpaired) electrons. The van der Waals surface area contributed by atoms with Gasteiger partial charge in [-0.3, -0.25) is 9.89 Å². The van der Waals surface area contributed by atoms with Gasteiger partial charge in [0.15, 0.2) is 0 Å². The molecule has 4 N–H and O–H groups in total. The second kappa shape index (κ2) is 6.09. The summed E-state index contributed by atoms with van der Waals surface area (Å²) < 4.78 is 0. The molecule has 90 valence electrons. The van der Waals surface area contributed by atoms with E-state index in [2.05, 4.69) is 34.3 Å². The zero-order valence-corrected chi connectivity index (χ0v) is 9.79. The number of carbonyl (C=O) groups is 1. The average Bonchev–Trinajstić information content (AvgIpc) is 2.63. The van der Waals surface area contributed by atoms with Crippen molar-refractivity contribution in [2.24, 2.45) is 5.92 Å². The molecule has 0 spiro atoms. The van der Waals surface area contributed by atoms with E-state index in [9.17, 15) is 4.79 Å². The van der Waals surface area contributed by atoms with Crippen LogP contribution < -0.4 is 11.1 Å². The second-order valence-electron chi connectivity index (χ2n) is 4.19. The molecule has 0 saturated heterocycles. The lowest BCUT2D eigenvalue weighted by Crippen LogP contribution is -2.25.